The van der Waals surface area contributed by atoms with Crippen LogP contribution >= 0.6 is 11.6 Å². The summed E-state index contributed by atoms with van der Waals surface area (Å²) >= 11 is 6.12. The summed E-state index contributed by atoms with van der Waals surface area (Å²) < 4.78 is 1.27. The molecular formula is C16H17ClN2O2. The Bertz CT molecular complexity index is 788. The summed E-state index contributed by atoms with van der Waals surface area (Å²) in [6.07, 6.45) is 3.27. The van der Waals surface area contributed by atoms with Crippen LogP contribution in [0.15, 0.2) is 33.9 Å². The Balaban J connectivity index is 2.12. The monoisotopic (exact) mass is 304 g/mol. The van der Waals surface area contributed by atoms with Crippen LogP contribution in [0.2, 0.25) is 5.15 Å². The number of halogens is 1. The van der Waals surface area contributed by atoms with Gasteiger partial charge in [-0.2, -0.15) is 0 Å². The number of H-pyrrole nitrogens is 1. The fraction of sp³-hybridized carbons (Fsp3) is 0.375. The third-order valence-corrected chi connectivity index (χ3v) is 4.30. The highest BCUT2D eigenvalue weighted by atomic mass is 35.5. The minimum Gasteiger partial charge on any atom is -0.297 e. The van der Waals surface area contributed by atoms with Crippen molar-refractivity contribution in [1.82, 2.24) is 9.55 Å². The topological polar surface area (TPSA) is 54.9 Å². The Morgan fingerprint density at radius 3 is 2.67 bits per heavy atom. The van der Waals surface area contributed by atoms with E-state index in [0.29, 0.717) is 18.0 Å². The maximum Gasteiger partial charge on any atom is 0.329 e. The number of nitrogens with zero attached hydrogens (tertiary/aromatic N) is 1. The molecule has 0 aliphatic heterocycles. The number of hydrogen-bond acceptors (Lipinski definition) is 2. The lowest BCUT2D eigenvalue weighted by Gasteiger charge is -2.10. The summed E-state index contributed by atoms with van der Waals surface area (Å²) in [6.45, 7) is 2.37. The number of aromatic nitrogens is 2. The van der Waals surface area contributed by atoms with E-state index < -0.39 is 5.69 Å². The predicted octanol–water partition coefficient (Wildman–Crippen LogP) is 2.97. The second-order valence-corrected chi connectivity index (χ2v) is 6.00. The Morgan fingerprint density at radius 1 is 1.29 bits per heavy atom. The Hall–Kier alpha value is -1.81. The molecule has 0 unspecified atom stereocenters. The number of aryl methyl sites for hydroxylation is 1. The molecule has 3 rings (SSSR count). The van der Waals surface area contributed by atoms with Gasteiger partial charge < -0.3 is 0 Å². The van der Waals surface area contributed by atoms with E-state index in [4.69, 9.17) is 11.6 Å². The predicted molar refractivity (Wildman–Crippen MR) is 83.8 cm³/mol. The molecule has 21 heavy (non-hydrogen) atoms. The van der Waals surface area contributed by atoms with E-state index in [1.54, 1.807) is 0 Å². The number of hydrogen-bond donors (Lipinski definition) is 1. The molecule has 0 bridgehead atoms. The van der Waals surface area contributed by atoms with Gasteiger partial charge >= 0.3 is 5.69 Å². The van der Waals surface area contributed by atoms with Gasteiger partial charge in [0, 0.05) is 6.54 Å². The highest BCUT2D eigenvalue weighted by Gasteiger charge is 2.22. The lowest BCUT2D eigenvalue weighted by atomic mass is 10.0. The molecule has 5 heteroatoms. The van der Waals surface area contributed by atoms with Crippen LogP contribution in [-0.2, 0) is 6.54 Å². The quantitative estimate of drug-likeness (QED) is 0.883. The van der Waals surface area contributed by atoms with Crippen LogP contribution in [0.5, 0.6) is 0 Å². The summed E-state index contributed by atoms with van der Waals surface area (Å²) in [6, 6.07) is 7.54. The van der Waals surface area contributed by atoms with Crippen molar-refractivity contribution < 1.29 is 0 Å². The van der Waals surface area contributed by atoms with Crippen molar-refractivity contribution in [3.05, 3.63) is 55.8 Å². The first-order valence-electron chi connectivity index (χ1n) is 7.16. The van der Waals surface area contributed by atoms with E-state index in [1.807, 2.05) is 31.2 Å². The van der Waals surface area contributed by atoms with Crippen LogP contribution in [0.1, 0.15) is 24.8 Å². The minimum atomic E-state index is -0.428. The zero-order valence-corrected chi connectivity index (χ0v) is 12.6. The van der Waals surface area contributed by atoms with E-state index >= 15 is 0 Å². The summed E-state index contributed by atoms with van der Waals surface area (Å²) in [4.78, 5) is 27.2. The molecule has 2 aromatic rings. The second-order valence-electron chi connectivity index (χ2n) is 5.62. The first-order valence-corrected chi connectivity index (χ1v) is 7.54. The van der Waals surface area contributed by atoms with E-state index in [1.165, 1.54) is 17.4 Å². The molecule has 1 heterocycles. The third-order valence-electron chi connectivity index (χ3n) is 4.01. The maximum atomic E-state index is 12.7. The molecule has 1 N–H and O–H groups in total. The average molecular weight is 305 g/mol. The van der Waals surface area contributed by atoms with Crippen molar-refractivity contribution in [1.29, 1.82) is 0 Å². The van der Waals surface area contributed by atoms with Gasteiger partial charge in [-0.1, -0.05) is 48.7 Å². The highest BCUT2D eigenvalue weighted by Crippen LogP contribution is 2.32. The Morgan fingerprint density at radius 2 is 2.00 bits per heavy atom. The van der Waals surface area contributed by atoms with Gasteiger partial charge in [-0.05, 0) is 30.4 Å². The lowest BCUT2D eigenvalue weighted by Crippen LogP contribution is -2.36. The zero-order valence-electron chi connectivity index (χ0n) is 11.9. The van der Waals surface area contributed by atoms with Crippen molar-refractivity contribution in [3.8, 4) is 11.1 Å². The molecule has 0 saturated heterocycles. The Kier molecular flexibility index (Phi) is 3.72. The summed E-state index contributed by atoms with van der Waals surface area (Å²) in [5.74, 6) is 0.661. The largest absolute Gasteiger partial charge is 0.329 e. The van der Waals surface area contributed by atoms with Crippen molar-refractivity contribution in [2.24, 2.45) is 5.92 Å². The fourth-order valence-electron chi connectivity index (χ4n) is 2.55. The first-order chi connectivity index (χ1) is 10.1. The molecule has 1 aromatic heterocycles. The van der Waals surface area contributed by atoms with Crippen molar-refractivity contribution >= 4 is 11.6 Å². The average Bonchev–Trinajstić information content (AvgIpc) is 3.24. The maximum absolute atomic E-state index is 12.7. The normalized spacial score (nSPS) is 14.4. The minimum absolute atomic E-state index is 0.113. The molecule has 110 valence electrons. The van der Waals surface area contributed by atoms with E-state index in [-0.39, 0.29) is 10.7 Å². The fourth-order valence-corrected chi connectivity index (χ4v) is 2.82. The molecule has 4 nitrogen and oxygen atoms in total. The first kappa shape index (κ1) is 14.1. The van der Waals surface area contributed by atoms with E-state index in [0.717, 1.165) is 17.5 Å². The highest BCUT2D eigenvalue weighted by molar-refractivity contribution is 6.32. The molecule has 1 fully saturated rings. The van der Waals surface area contributed by atoms with Gasteiger partial charge in [0.1, 0.15) is 5.15 Å². The molecule has 1 aromatic carbocycles. The zero-order chi connectivity index (χ0) is 15.0. The van der Waals surface area contributed by atoms with Crippen LogP contribution < -0.4 is 11.2 Å². The molecule has 0 amide bonds. The molecule has 0 radical (unpaired) electrons. The van der Waals surface area contributed by atoms with Crippen LogP contribution in [0.4, 0.5) is 0 Å². The van der Waals surface area contributed by atoms with E-state index in [9.17, 15) is 9.59 Å². The lowest BCUT2D eigenvalue weighted by molar-refractivity contribution is 0.558. The summed E-state index contributed by atoms with van der Waals surface area (Å²) in [5, 5.41) is 0.113. The Labute approximate surface area is 127 Å². The van der Waals surface area contributed by atoms with Crippen molar-refractivity contribution in [2.45, 2.75) is 32.7 Å². The molecule has 1 aliphatic carbocycles. The second kappa shape index (κ2) is 5.53. The van der Waals surface area contributed by atoms with E-state index in [2.05, 4.69) is 4.98 Å². The number of benzene rings is 1. The standard InChI is InChI=1S/C16H17ClN2O2/c1-10-4-2-3-5-12(10)13-14(17)18-16(21)19(15(13)20)9-8-11-6-7-11/h2-5,11H,6-9H2,1H3,(H,18,21). The third kappa shape index (κ3) is 2.81. The van der Waals surface area contributed by atoms with Crippen LogP contribution in [0.3, 0.4) is 0 Å². The van der Waals surface area contributed by atoms with Crippen LogP contribution in [-0.4, -0.2) is 9.55 Å². The molecular weight excluding hydrogens is 288 g/mol. The van der Waals surface area contributed by atoms with Gasteiger partial charge in [-0.3, -0.25) is 14.3 Å². The van der Waals surface area contributed by atoms with Gasteiger partial charge in [0.15, 0.2) is 0 Å². The smallest absolute Gasteiger partial charge is 0.297 e. The number of nitrogens with one attached hydrogen (secondary N) is 1. The summed E-state index contributed by atoms with van der Waals surface area (Å²) in [5.41, 5.74) is 1.37. The van der Waals surface area contributed by atoms with Crippen molar-refractivity contribution in [2.75, 3.05) is 0 Å². The summed E-state index contributed by atoms with van der Waals surface area (Å²) in [7, 11) is 0. The number of aromatic amines is 1. The van der Waals surface area contributed by atoms with Gasteiger partial charge in [0.05, 0.1) is 5.56 Å². The van der Waals surface area contributed by atoms with Crippen molar-refractivity contribution in [3.63, 3.8) is 0 Å². The number of rotatable bonds is 4. The van der Waals surface area contributed by atoms with Gasteiger partial charge in [-0.25, -0.2) is 4.79 Å². The van der Waals surface area contributed by atoms with Crippen LogP contribution in [0, 0.1) is 12.8 Å². The molecule has 0 atom stereocenters. The SMILES string of the molecule is Cc1ccccc1-c1c(Cl)[nH]c(=O)n(CCC2CC2)c1=O. The van der Waals surface area contributed by atoms with Gasteiger partial charge in [-0.15, -0.1) is 0 Å². The molecule has 1 saturated carbocycles. The molecule has 1 aliphatic rings. The van der Waals surface area contributed by atoms with Gasteiger partial charge in [0.2, 0.25) is 0 Å². The van der Waals surface area contributed by atoms with Gasteiger partial charge in [0.25, 0.3) is 5.56 Å². The van der Waals surface area contributed by atoms with Crippen LogP contribution in [0.25, 0.3) is 11.1 Å². The molecule has 0 spiro atoms.